The summed E-state index contributed by atoms with van der Waals surface area (Å²) in [6, 6.07) is 1.88. The van der Waals surface area contributed by atoms with Crippen molar-refractivity contribution < 1.29 is 0 Å². The van der Waals surface area contributed by atoms with Gasteiger partial charge in [-0.3, -0.25) is 4.68 Å². The minimum Gasteiger partial charge on any atom is -0.335 e. The van der Waals surface area contributed by atoms with Crippen LogP contribution in [0.3, 0.4) is 0 Å². The predicted molar refractivity (Wildman–Crippen MR) is 63.7 cm³/mol. The molecule has 0 radical (unpaired) electrons. The summed E-state index contributed by atoms with van der Waals surface area (Å²) in [4.78, 5) is 0. The number of hydrogen-bond acceptors (Lipinski definition) is 4. The molecule has 0 bridgehead atoms. The average Bonchev–Trinajstić information content (AvgIpc) is 2.85. The summed E-state index contributed by atoms with van der Waals surface area (Å²) in [7, 11) is 0. The van der Waals surface area contributed by atoms with Gasteiger partial charge < -0.3 is 5.84 Å². The van der Waals surface area contributed by atoms with E-state index in [0.29, 0.717) is 10.6 Å². The highest BCUT2D eigenvalue weighted by Crippen LogP contribution is 2.12. The number of aryl methyl sites for hydroxylation is 1. The van der Waals surface area contributed by atoms with Crippen LogP contribution in [0.15, 0.2) is 12.3 Å². The van der Waals surface area contributed by atoms with Gasteiger partial charge in [0, 0.05) is 12.7 Å². The second kappa shape index (κ2) is 4.48. The average molecular weight is 238 g/mol. The van der Waals surface area contributed by atoms with Gasteiger partial charge in [-0.05, 0) is 24.7 Å². The van der Waals surface area contributed by atoms with Gasteiger partial charge >= 0.3 is 0 Å². The first kappa shape index (κ1) is 10.9. The van der Waals surface area contributed by atoms with Crippen LogP contribution in [0.25, 0.3) is 11.5 Å². The summed E-state index contributed by atoms with van der Waals surface area (Å²) < 4.78 is 3.59. The molecule has 0 aliphatic rings. The summed E-state index contributed by atoms with van der Waals surface area (Å²) in [5, 5.41) is 11.0. The van der Waals surface area contributed by atoms with Crippen LogP contribution in [0.1, 0.15) is 19.8 Å². The number of aromatic nitrogens is 5. The standard InChI is InChI=1S/C9H14N6S/c1-2-3-5-14-6-4-7(13-14)8-11-12-9(16)15(8)10/h4,6H,2-3,5,10H2,1H3,(H,12,16). The van der Waals surface area contributed by atoms with Crippen molar-refractivity contribution in [1.82, 2.24) is 24.7 Å². The van der Waals surface area contributed by atoms with Crippen molar-refractivity contribution >= 4 is 12.2 Å². The van der Waals surface area contributed by atoms with Crippen LogP contribution in [-0.4, -0.2) is 24.7 Å². The molecule has 2 heterocycles. The van der Waals surface area contributed by atoms with E-state index in [-0.39, 0.29) is 0 Å². The van der Waals surface area contributed by atoms with E-state index in [1.807, 2.05) is 16.9 Å². The van der Waals surface area contributed by atoms with Gasteiger partial charge in [0.05, 0.1) is 0 Å². The van der Waals surface area contributed by atoms with E-state index in [1.54, 1.807) is 0 Å². The van der Waals surface area contributed by atoms with Crippen molar-refractivity contribution in [3.8, 4) is 11.5 Å². The molecule has 0 saturated heterocycles. The molecule has 0 aliphatic carbocycles. The number of rotatable bonds is 4. The molecule has 16 heavy (non-hydrogen) atoms. The number of unbranched alkanes of at least 4 members (excludes halogenated alkanes) is 1. The van der Waals surface area contributed by atoms with E-state index in [4.69, 9.17) is 18.1 Å². The second-order valence-corrected chi connectivity index (χ2v) is 3.93. The third kappa shape index (κ3) is 1.99. The van der Waals surface area contributed by atoms with E-state index in [9.17, 15) is 0 Å². The monoisotopic (exact) mass is 238 g/mol. The Balaban J connectivity index is 2.25. The Morgan fingerprint density at radius 3 is 3.00 bits per heavy atom. The van der Waals surface area contributed by atoms with Gasteiger partial charge in [-0.1, -0.05) is 13.3 Å². The summed E-state index contributed by atoms with van der Waals surface area (Å²) >= 11 is 4.94. The number of nitrogens with zero attached hydrogens (tertiary/aromatic N) is 4. The molecule has 2 rings (SSSR count). The third-order valence-electron chi connectivity index (χ3n) is 2.31. The van der Waals surface area contributed by atoms with Crippen LogP contribution in [0.5, 0.6) is 0 Å². The number of aromatic amines is 1. The van der Waals surface area contributed by atoms with Gasteiger partial charge in [-0.15, -0.1) is 0 Å². The molecule has 7 heteroatoms. The molecule has 3 N–H and O–H groups in total. The van der Waals surface area contributed by atoms with Crippen molar-refractivity contribution in [3.05, 3.63) is 17.0 Å². The van der Waals surface area contributed by atoms with E-state index in [2.05, 4.69) is 22.2 Å². The SMILES string of the molecule is CCCCn1ccc(-c2n[nH]c(=S)n2N)n1. The molecule has 0 spiro atoms. The van der Waals surface area contributed by atoms with Crippen LogP contribution in [0.4, 0.5) is 0 Å². The topological polar surface area (TPSA) is 77.5 Å². The van der Waals surface area contributed by atoms with Gasteiger partial charge in [-0.2, -0.15) is 10.2 Å². The smallest absolute Gasteiger partial charge is 0.214 e. The van der Waals surface area contributed by atoms with Gasteiger partial charge in [0.25, 0.3) is 0 Å². The normalized spacial score (nSPS) is 10.8. The molecule has 0 unspecified atom stereocenters. The van der Waals surface area contributed by atoms with Crippen LogP contribution >= 0.6 is 12.2 Å². The summed E-state index contributed by atoms with van der Waals surface area (Å²) in [5.74, 6) is 6.27. The largest absolute Gasteiger partial charge is 0.335 e. The minimum absolute atomic E-state index is 0.387. The van der Waals surface area contributed by atoms with Crippen molar-refractivity contribution in [2.24, 2.45) is 0 Å². The zero-order valence-electron chi connectivity index (χ0n) is 9.05. The molecule has 6 nitrogen and oxygen atoms in total. The molecular formula is C9H14N6S. The van der Waals surface area contributed by atoms with Crippen LogP contribution in [0, 0.1) is 4.77 Å². The lowest BCUT2D eigenvalue weighted by molar-refractivity contribution is 0.572. The molecule has 0 aliphatic heterocycles. The van der Waals surface area contributed by atoms with Gasteiger partial charge in [-0.25, -0.2) is 9.77 Å². The lowest BCUT2D eigenvalue weighted by Crippen LogP contribution is -2.10. The lowest BCUT2D eigenvalue weighted by Gasteiger charge is -1.98. The number of hydrogen-bond donors (Lipinski definition) is 2. The predicted octanol–water partition coefficient (Wildman–Crippen LogP) is 1.32. The number of H-pyrrole nitrogens is 1. The molecule has 2 aromatic rings. The highest BCUT2D eigenvalue weighted by atomic mass is 32.1. The minimum atomic E-state index is 0.387. The zero-order chi connectivity index (χ0) is 11.5. The van der Waals surface area contributed by atoms with Crippen LogP contribution < -0.4 is 5.84 Å². The molecular weight excluding hydrogens is 224 g/mol. The maximum Gasteiger partial charge on any atom is 0.214 e. The first-order chi connectivity index (χ1) is 7.72. The van der Waals surface area contributed by atoms with E-state index >= 15 is 0 Å². The van der Waals surface area contributed by atoms with Crippen molar-refractivity contribution in [2.75, 3.05) is 5.84 Å². The Labute approximate surface area is 98.1 Å². The maximum atomic E-state index is 5.71. The Kier molecular flexibility index (Phi) is 3.04. The summed E-state index contributed by atoms with van der Waals surface area (Å²) in [6.07, 6.45) is 4.17. The summed E-state index contributed by atoms with van der Waals surface area (Å²) in [5.41, 5.74) is 0.728. The van der Waals surface area contributed by atoms with Crippen molar-refractivity contribution in [1.29, 1.82) is 0 Å². The fourth-order valence-corrected chi connectivity index (χ4v) is 1.54. The molecule has 0 atom stereocenters. The van der Waals surface area contributed by atoms with Crippen LogP contribution in [0.2, 0.25) is 0 Å². The first-order valence-electron chi connectivity index (χ1n) is 5.18. The van der Waals surface area contributed by atoms with Crippen LogP contribution in [-0.2, 0) is 6.54 Å². The highest BCUT2D eigenvalue weighted by Gasteiger charge is 2.09. The third-order valence-corrected chi connectivity index (χ3v) is 2.60. The van der Waals surface area contributed by atoms with E-state index < -0.39 is 0 Å². The first-order valence-corrected chi connectivity index (χ1v) is 5.59. The Morgan fingerprint density at radius 1 is 1.56 bits per heavy atom. The van der Waals surface area contributed by atoms with Crippen molar-refractivity contribution in [2.45, 2.75) is 26.3 Å². The number of nitrogens with one attached hydrogen (secondary N) is 1. The number of nitrogens with two attached hydrogens (primary N) is 1. The molecule has 0 amide bonds. The molecule has 0 fully saturated rings. The quantitative estimate of drug-likeness (QED) is 0.622. The highest BCUT2D eigenvalue weighted by molar-refractivity contribution is 7.71. The van der Waals surface area contributed by atoms with E-state index in [1.165, 1.54) is 4.68 Å². The fraction of sp³-hybridized carbons (Fsp3) is 0.444. The van der Waals surface area contributed by atoms with E-state index in [0.717, 1.165) is 25.1 Å². The molecule has 2 aromatic heterocycles. The second-order valence-electron chi connectivity index (χ2n) is 3.54. The van der Waals surface area contributed by atoms with Crippen molar-refractivity contribution in [3.63, 3.8) is 0 Å². The fourth-order valence-electron chi connectivity index (χ4n) is 1.41. The van der Waals surface area contributed by atoms with Gasteiger partial charge in [0.1, 0.15) is 5.69 Å². The Bertz CT molecular complexity index is 522. The maximum absolute atomic E-state index is 5.71. The van der Waals surface area contributed by atoms with Gasteiger partial charge in [0.2, 0.25) is 10.6 Å². The number of nitrogen functional groups attached to an aromatic ring is 1. The molecule has 86 valence electrons. The van der Waals surface area contributed by atoms with Gasteiger partial charge in [0.15, 0.2) is 0 Å². The zero-order valence-corrected chi connectivity index (χ0v) is 9.87. The molecule has 0 saturated carbocycles. The Hall–Kier alpha value is -1.63. The summed E-state index contributed by atoms with van der Waals surface area (Å²) in [6.45, 7) is 3.06. The lowest BCUT2D eigenvalue weighted by atomic mass is 10.3. The molecule has 0 aromatic carbocycles. The Morgan fingerprint density at radius 2 is 2.38 bits per heavy atom.